The van der Waals surface area contributed by atoms with Crippen LogP contribution in [0.5, 0.6) is 23.0 Å². The topological polar surface area (TPSA) is 184 Å². The largest absolute Gasteiger partial charge is 0.497 e. The van der Waals surface area contributed by atoms with E-state index in [2.05, 4.69) is 29.9 Å². The van der Waals surface area contributed by atoms with Gasteiger partial charge in [0.05, 0.1) is 45.1 Å². The van der Waals surface area contributed by atoms with E-state index in [1.807, 2.05) is 36.4 Å². The molecule has 0 bridgehead atoms. The highest BCUT2D eigenvalue weighted by Gasteiger charge is 2.25. The predicted molar refractivity (Wildman–Crippen MR) is 191 cm³/mol. The fourth-order valence-electron chi connectivity index (χ4n) is 5.69. The minimum absolute atomic E-state index is 0.113. The monoisotopic (exact) mass is 706 g/mol. The van der Waals surface area contributed by atoms with Crippen LogP contribution in [0.15, 0.2) is 61.4 Å². The number of nitrogens with one attached hydrogen (secondary N) is 2. The Bertz CT molecular complexity index is 2240. The SMILES string of the molecule is CCOC(=O)c1c[nH]c2c(-c3cc(OC)ccc3OCC3CC3)ncnc12.COc1ccc(OCC2CC2)c(-c2ncnc3c(C(=O)O)c[nH]c23)c1. The molecular formula is C38H38N6O8. The van der Waals surface area contributed by atoms with Crippen LogP contribution < -0.4 is 18.9 Å². The van der Waals surface area contributed by atoms with E-state index in [4.69, 9.17) is 23.7 Å². The van der Waals surface area contributed by atoms with Crippen LogP contribution in [0.25, 0.3) is 44.6 Å². The zero-order valence-electron chi connectivity index (χ0n) is 29.0. The number of aromatic nitrogens is 6. The van der Waals surface area contributed by atoms with Crippen molar-refractivity contribution in [2.45, 2.75) is 32.6 Å². The molecule has 14 heteroatoms. The molecule has 2 aliphatic carbocycles. The molecule has 2 aromatic carbocycles. The zero-order valence-corrected chi connectivity index (χ0v) is 29.0. The predicted octanol–water partition coefficient (Wildman–Crippen LogP) is 6.72. The zero-order chi connectivity index (χ0) is 36.2. The fraction of sp³-hybridized carbons (Fsp3) is 0.316. The van der Waals surface area contributed by atoms with Gasteiger partial charge in [0.25, 0.3) is 0 Å². The van der Waals surface area contributed by atoms with Gasteiger partial charge >= 0.3 is 11.9 Å². The van der Waals surface area contributed by atoms with Crippen LogP contribution >= 0.6 is 0 Å². The van der Waals surface area contributed by atoms with Crippen molar-refractivity contribution in [3.63, 3.8) is 0 Å². The Hall–Kier alpha value is -6.18. The lowest BCUT2D eigenvalue weighted by Crippen LogP contribution is -2.04. The number of hydrogen-bond donors (Lipinski definition) is 3. The van der Waals surface area contributed by atoms with E-state index in [0.717, 1.165) is 16.9 Å². The van der Waals surface area contributed by atoms with Crippen molar-refractivity contribution in [3.05, 3.63) is 72.6 Å². The van der Waals surface area contributed by atoms with Gasteiger partial charge in [-0.25, -0.2) is 29.5 Å². The van der Waals surface area contributed by atoms with E-state index in [-0.39, 0.29) is 5.56 Å². The molecule has 3 N–H and O–H groups in total. The number of carbonyl (C=O) groups is 2. The van der Waals surface area contributed by atoms with Gasteiger partial charge in [0.1, 0.15) is 69.2 Å². The Balaban J connectivity index is 0.000000162. The molecule has 0 radical (unpaired) electrons. The van der Waals surface area contributed by atoms with Gasteiger partial charge < -0.3 is 38.8 Å². The number of nitrogens with zero attached hydrogens (tertiary/aromatic N) is 4. The summed E-state index contributed by atoms with van der Waals surface area (Å²) in [7, 11) is 3.21. The number of esters is 1. The summed E-state index contributed by atoms with van der Waals surface area (Å²) < 4.78 is 27.8. The summed E-state index contributed by atoms with van der Waals surface area (Å²) in [6, 6.07) is 11.2. The second-order valence-electron chi connectivity index (χ2n) is 12.6. The maximum Gasteiger partial charge on any atom is 0.341 e. The average Bonchev–Trinajstić information content (AvgIpc) is 4.09. The van der Waals surface area contributed by atoms with Crippen molar-refractivity contribution in [1.82, 2.24) is 29.9 Å². The van der Waals surface area contributed by atoms with Gasteiger partial charge in [-0.3, -0.25) is 0 Å². The lowest BCUT2D eigenvalue weighted by molar-refractivity contribution is 0.0528. The van der Waals surface area contributed by atoms with Crippen LogP contribution in [0.1, 0.15) is 53.3 Å². The maximum atomic E-state index is 12.2. The van der Waals surface area contributed by atoms with Crippen LogP contribution in [0.4, 0.5) is 0 Å². The first-order chi connectivity index (χ1) is 25.4. The number of ether oxygens (including phenoxy) is 5. The molecule has 0 aliphatic heterocycles. The summed E-state index contributed by atoms with van der Waals surface area (Å²) in [5.74, 6) is 2.60. The number of methoxy groups -OCH3 is 2. The molecule has 0 unspecified atom stereocenters. The van der Waals surface area contributed by atoms with Crippen LogP contribution in [-0.2, 0) is 4.74 Å². The normalized spacial score (nSPS) is 13.7. The van der Waals surface area contributed by atoms with Gasteiger partial charge in [0, 0.05) is 23.5 Å². The Morgan fingerprint density at radius 1 is 0.731 bits per heavy atom. The fourth-order valence-corrected chi connectivity index (χ4v) is 5.69. The van der Waals surface area contributed by atoms with Crippen molar-refractivity contribution in [3.8, 4) is 45.5 Å². The lowest BCUT2D eigenvalue weighted by Gasteiger charge is -2.13. The molecule has 0 spiro atoms. The summed E-state index contributed by atoms with van der Waals surface area (Å²) in [6.07, 6.45) is 10.7. The van der Waals surface area contributed by atoms with E-state index in [0.29, 0.717) is 87.9 Å². The van der Waals surface area contributed by atoms with Crippen LogP contribution in [-0.4, -0.2) is 81.0 Å². The minimum Gasteiger partial charge on any atom is -0.497 e. The van der Waals surface area contributed by atoms with Gasteiger partial charge in [-0.2, -0.15) is 0 Å². The Morgan fingerprint density at radius 3 is 1.65 bits per heavy atom. The Morgan fingerprint density at radius 2 is 1.21 bits per heavy atom. The molecule has 0 saturated heterocycles. The standard InChI is InChI=1S/C20H21N3O4.C18H17N3O4/c1-3-26-20(24)15-9-21-19-17(22-11-23-18(15)19)14-8-13(25-2)6-7-16(14)27-10-12-4-5-12;1-24-11-4-5-14(25-8-10-2-3-10)12(6-11)15-17-16(21-9-20-15)13(7-19-17)18(22)23/h6-9,11-12,21H,3-5,10H2,1-2H3;4-7,9-10,19H,2-3,8H2,1H3,(H,22,23). The molecule has 6 aromatic rings. The highest BCUT2D eigenvalue weighted by molar-refractivity contribution is 6.06. The van der Waals surface area contributed by atoms with Gasteiger partial charge in [-0.05, 0) is 80.8 Å². The van der Waals surface area contributed by atoms with Gasteiger partial charge in [-0.1, -0.05) is 0 Å². The third kappa shape index (κ3) is 7.31. The smallest absolute Gasteiger partial charge is 0.341 e. The van der Waals surface area contributed by atoms with Gasteiger partial charge in [0.15, 0.2) is 0 Å². The molecule has 2 aliphatic rings. The molecule has 52 heavy (non-hydrogen) atoms. The number of fused-ring (bicyclic) bond motifs is 2. The first-order valence-electron chi connectivity index (χ1n) is 17.0. The van der Waals surface area contributed by atoms with Crippen molar-refractivity contribution in [2.24, 2.45) is 11.8 Å². The average molecular weight is 707 g/mol. The Kier molecular flexibility index (Phi) is 9.87. The summed E-state index contributed by atoms with van der Waals surface area (Å²) in [5, 5.41) is 9.30. The first-order valence-corrected chi connectivity index (χ1v) is 17.0. The number of benzene rings is 2. The van der Waals surface area contributed by atoms with Crippen LogP contribution in [0, 0.1) is 11.8 Å². The van der Waals surface area contributed by atoms with E-state index in [1.54, 1.807) is 27.3 Å². The maximum absolute atomic E-state index is 12.2. The molecule has 4 heterocycles. The molecule has 0 amide bonds. The van der Waals surface area contributed by atoms with Gasteiger partial charge in [0.2, 0.25) is 0 Å². The number of H-pyrrole nitrogens is 2. The van der Waals surface area contributed by atoms with Crippen molar-refractivity contribution < 1.29 is 38.4 Å². The van der Waals surface area contributed by atoms with Crippen molar-refractivity contribution in [2.75, 3.05) is 34.0 Å². The van der Waals surface area contributed by atoms with E-state index < -0.39 is 11.9 Å². The van der Waals surface area contributed by atoms with Gasteiger partial charge in [-0.15, -0.1) is 0 Å². The number of aromatic amines is 2. The third-order valence-corrected chi connectivity index (χ3v) is 8.88. The summed E-state index contributed by atoms with van der Waals surface area (Å²) in [5.41, 5.74) is 5.38. The van der Waals surface area contributed by atoms with E-state index in [1.165, 1.54) is 44.5 Å². The number of rotatable bonds is 13. The molecule has 2 saturated carbocycles. The number of carbonyl (C=O) groups excluding carboxylic acids is 1. The molecular weight excluding hydrogens is 668 g/mol. The first kappa shape index (κ1) is 34.3. The second-order valence-corrected chi connectivity index (χ2v) is 12.6. The minimum atomic E-state index is -1.04. The third-order valence-electron chi connectivity index (χ3n) is 8.88. The highest BCUT2D eigenvalue weighted by atomic mass is 16.5. The number of aromatic carboxylic acids is 1. The van der Waals surface area contributed by atoms with E-state index in [9.17, 15) is 14.7 Å². The van der Waals surface area contributed by atoms with Crippen molar-refractivity contribution in [1.29, 1.82) is 0 Å². The molecule has 0 atom stereocenters. The molecule has 4 aromatic heterocycles. The number of carboxylic acid groups (broad SMARTS) is 1. The molecule has 2 fully saturated rings. The van der Waals surface area contributed by atoms with Crippen LogP contribution in [0.2, 0.25) is 0 Å². The number of carboxylic acids is 1. The summed E-state index contributed by atoms with van der Waals surface area (Å²) in [6.45, 7) is 3.43. The van der Waals surface area contributed by atoms with E-state index >= 15 is 0 Å². The molecule has 14 nitrogen and oxygen atoms in total. The van der Waals surface area contributed by atoms with Crippen molar-refractivity contribution >= 4 is 34.0 Å². The summed E-state index contributed by atoms with van der Waals surface area (Å²) >= 11 is 0. The summed E-state index contributed by atoms with van der Waals surface area (Å²) in [4.78, 5) is 46.8. The van der Waals surface area contributed by atoms with Crippen LogP contribution in [0.3, 0.4) is 0 Å². The second kappa shape index (κ2) is 15.0. The lowest BCUT2D eigenvalue weighted by atomic mass is 10.1. The quantitative estimate of drug-likeness (QED) is 0.108. The number of hydrogen-bond acceptors (Lipinski definition) is 11. The molecule has 8 rings (SSSR count). The highest BCUT2D eigenvalue weighted by Crippen LogP contribution is 2.39. The Labute approximate surface area is 298 Å². The molecule has 268 valence electrons.